The summed E-state index contributed by atoms with van der Waals surface area (Å²) in [6.07, 6.45) is 5.14. The number of carbonyl (C=O) groups excluding carboxylic acids is 2. The Bertz CT molecular complexity index is 1520. The molecule has 7 heteroatoms. The second-order valence-electron chi connectivity index (χ2n) is 10.1. The number of benzene rings is 3. The van der Waals surface area contributed by atoms with E-state index in [-0.39, 0.29) is 17.7 Å². The zero-order valence-electron chi connectivity index (χ0n) is 22.9. The molecule has 204 valence electrons. The van der Waals surface area contributed by atoms with E-state index < -0.39 is 0 Å². The van der Waals surface area contributed by atoms with E-state index in [1.165, 1.54) is 0 Å². The predicted octanol–water partition coefficient (Wildman–Crippen LogP) is 6.97. The van der Waals surface area contributed by atoms with E-state index >= 15 is 0 Å². The standard InChI is InChI=1S/C33H34N4O3/c1-3-4-20-40-27-18-14-24(15-19-27)31-21-29(28-10-5-6-11-30(28)35-31)33(39)37-36-22(2)23-12-16-26(17-13-23)34-32(38)25-8-7-9-25/h5-6,10-19,21,25H,3-4,7-9,20H2,1-2H3,(H,34,38)(H,37,39). The van der Waals surface area contributed by atoms with Crippen LogP contribution >= 0.6 is 0 Å². The first-order valence-electron chi connectivity index (χ1n) is 13.9. The number of amides is 2. The van der Waals surface area contributed by atoms with Gasteiger partial charge in [0.05, 0.1) is 29.1 Å². The number of carbonyl (C=O) groups is 2. The number of aromatic nitrogens is 1. The van der Waals surface area contributed by atoms with Crippen LogP contribution in [0.1, 0.15) is 61.9 Å². The largest absolute Gasteiger partial charge is 0.494 e. The molecule has 0 saturated heterocycles. The number of hydrogen-bond donors (Lipinski definition) is 2. The van der Waals surface area contributed by atoms with Gasteiger partial charge in [0.15, 0.2) is 0 Å². The van der Waals surface area contributed by atoms with Crippen LogP contribution in [0, 0.1) is 5.92 Å². The van der Waals surface area contributed by atoms with Crippen molar-refractivity contribution in [3.63, 3.8) is 0 Å². The van der Waals surface area contributed by atoms with E-state index in [9.17, 15) is 9.59 Å². The molecule has 0 unspecified atom stereocenters. The summed E-state index contributed by atoms with van der Waals surface area (Å²) in [5.41, 5.74) is 7.80. The van der Waals surface area contributed by atoms with Gasteiger partial charge in [-0.2, -0.15) is 5.10 Å². The second kappa shape index (κ2) is 12.6. The molecule has 1 saturated carbocycles. The lowest BCUT2D eigenvalue weighted by Crippen LogP contribution is -2.28. The SMILES string of the molecule is CCCCOc1ccc(-c2cc(C(=O)NN=C(C)c3ccc(NC(=O)C4CCC4)cc3)c3ccccc3n2)cc1. The molecule has 1 fully saturated rings. The molecule has 0 bridgehead atoms. The Balaban J connectivity index is 1.31. The number of para-hydroxylation sites is 1. The van der Waals surface area contributed by atoms with Crippen LogP contribution < -0.4 is 15.5 Å². The van der Waals surface area contributed by atoms with Gasteiger partial charge in [0.1, 0.15) is 5.75 Å². The fraction of sp³-hybridized carbons (Fsp3) is 0.273. The zero-order chi connectivity index (χ0) is 27.9. The molecule has 0 aliphatic heterocycles. The summed E-state index contributed by atoms with van der Waals surface area (Å²) >= 11 is 0. The molecule has 0 radical (unpaired) electrons. The molecule has 5 rings (SSSR count). The Labute approximate surface area is 234 Å². The molecule has 2 amide bonds. The number of fused-ring (bicyclic) bond motifs is 1. The minimum Gasteiger partial charge on any atom is -0.494 e. The molecular formula is C33H34N4O3. The first-order valence-corrected chi connectivity index (χ1v) is 13.9. The van der Waals surface area contributed by atoms with Crippen molar-refractivity contribution in [2.45, 2.75) is 46.0 Å². The van der Waals surface area contributed by atoms with Crippen molar-refractivity contribution in [2.24, 2.45) is 11.0 Å². The zero-order valence-corrected chi connectivity index (χ0v) is 22.9. The Kier molecular flexibility index (Phi) is 8.50. The van der Waals surface area contributed by atoms with Gasteiger partial charge in [0.2, 0.25) is 5.91 Å². The van der Waals surface area contributed by atoms with Crippen molar-refractivity contribution in [3.8, 4) is 17.0 Å². The summed E-state index contributed by atoms with van der Waals surface area (Å²) in [6, 6.07) is 24.7. The molecule has 1 heterocycles. The fourth-order valence-corrected chi connectivity index (χ4v) is 4.54. The lowest BCUT2D eigenvalue weighted by Gasteiger charge is -2.24. The van der Waals surface area contributed by atoms with E-state index in [0.717, 1.165) is 65.6 Å². The van der Waals surface area contributed by atoms with E-state index in [2.05, 4.69) is 22.8 Å². The third-order valence-electron chi connectivity index (χ3n) is 7.25. The van der Waals surface area contributed by atoms with Gasteiger partial charge in [-0.05, 0) is 80.3 Å². The molecule has 1 aliphatic rings. The summed E-state index contributed by atoms with van der Waals surface area (Å²) in [7, 11) is 0. The highest BCUT2D eigenvalue weighted by atomic mass is 16.5. The summed E-state index contributed by atoms with van der Waals surface area (Å²) < 4.78 is 5.78. The Morgan fingerprint density at radius 1 is 1.00 bits per heavy atom. The maximum atomic E-state index is 13.3. The topological polar surface area (TPSA) is 92.7 Å². The highest BCUT2D eigenvalue weighted by molar-refractivity contribution is 6.08. The number of hydrazone groups is 1. The number of nitrogens with zero attached hydrogens (tertiary/aromatic N) is 2. The number of hydrogen-bond acceptors (Lipinski definition) is 5. The number of nitrogens with one attached hydrogen (secondary N) is 2. The molecular weight excluding hydrogens is 500 g/mol. The summed E-state index contributed by atoms with van der Waals surface area (Å²) in [6.45, 7) is 4.66. The van der Waals surface area contributed by atoms with Gasteiger partial charge in [-0.25, -0.2) is 10.4 Å². The third-order valence-corrected chi connectivity index (χ3v) is 7.25. The first-order chi connectivity index (χ1) is 19.5. The van der Waals surface area contributed by atoms with Gasteiger partial charge in [-0.1, -0.05) is 50.1 Å². The number of ether oxygens (including phenoxy) is 1. The van der Waals surface area contributed by atoms with Crippen LogP contribution in [-0.4, -0.2) is 29.1 Å². The molecule has 40 heavy (non-hydrogen) atoms. The van der Waals surface area contributed by atoms with Crippen LogP contribution in [-0.2, 0) is 4.79 Å². The van der Waals surface area contributed by atoms with Crippen molar-refractivity contribution >= 4 is 34.1 Å². The first kappa shape index (κ1) is 27.1. The normalized spacial score (nSPS) is 13.5. The van der Waals surface area contributed by atoms with Crippen LogP contribution in [0.15, 0.2) is 84.0 Å². The average Bonchev–Trinajstić information content (AvgIpc) is 2.95. The van der Waals surface area contributed by atoms with E-state index in [0.29, 0.717) is 23.6 Å². The number of anilines is 1. The number of unbranched alkanes of at least 4 members (excludes halogenated alkanes) is 1. The maximum absolute atomic E-state index is 13.3. The lowest BCUT2D eigenvalue weighted by atomic mass is 9.85. The maximum Gasteiger partial charge on any atom is 0.272 e. The lowest BCUT2D eigenvalue weighted by molar-refractivity contribution is -0.122. The molecule has 0 atom stereocenters. The Morgan fingerprint density at radius 2 is 1.75 bits per heavy atom. The quantitative estimate of drug-likeness (QED) is 0.130. The van der Waals surface area contributed by atoms with Crippen LogP contribution in [0.2, 0.25) is 0 Å². The van der Waals surface area contributed by atoms with Crippen molar-refractivity contribution in [1.29, 1.82) is 0 Å². The van der Waals surface area contributed by atoms with Crippen LogP contribution in [0.4, 0.5) is 5.69 Å². The molecule has 4 aromatic rings. The van der Waals surface area contributed by atoms with Crippen LogP contribution in [0.5, 0.6) is 5.75 Å². The molecule has 0 spiro atoms. The molecule has 1 aromatic heterocycles. The van der Waals surface area contributed by atoms with Crippen molar-refractivity contribution in [3.05, 3.63) is 90.0 Å². The summed E-state index contributed by atoms with van der Waals surface area (Å²) in [4.78, 5) is 30.3. The monoisotopic (exact) mass is 534 g/mol. The second-order valence-corrected chi connectivity index (χ2v) is 10.1. The van der Waals surface area contributed by atoms with Gasteiger partial charge >= 0.3 is 0 Å². The molecule has 3 aromatic carbocycles. The Morgan fingerprint density at radius 3 is 2.45 bits per heavy atom. The minimum atomic E-state index is -0.317. The van der Waals surface area contributed by atoms with Crippen LogP contribution in [0.25, 0.3) is 22.2 Å². The highest BCUT2D eigenvalue weighted by Crippen LogP contribution is 2.28. The number of rotatable bonds is 10. The average molecular weight is 535 g/mol. The predicted molar refractivity (Wildman–Crippen MR) is 160 cm³/mol. The highest BCUT2D eigenvalue weighted by Gasteiger charge is 2.25. The summed E-state index contributed by atoms with van der Waals surface area (Å²) in [5.74, 6) is 0.710. The van der Waals surface area contributed by atoms with E-state index in [4.69, 9.17) is 9.72 Å². The minimum absolute atomic E-state index is 0.0804. The van der Waals surface area contributed by atoms with Crippen molar-refractivity contribution in [2.75, 3.05) is 11.9 Å². The Hall–Kier alpha value is -4.52. The molecule has 1 aliphatic carbocycles. The molecule has 7 nitrogen and oxygen atoms in total. The fourth-order valence-electron chi connectivity index (χ4n) is 4.54. The van der Waals surface area contributed by atoms with Crippen molar-refractivity contribution in [1.82, 2.24) is 10.4 Å². The van der Waals surface area contributed by atoms with Crippen molar-refractivity contribution < 1.29 is 14.3 Å². The van der Waals surface area contributed by atoms with Gasteiger partial charge in [0.25, 0.3) is 5.91 Å². The molecule has 2 N–H and O–H groups in total. The van der Waals surface area contributed by atoms with Gasteiger partial charge in [-0.3, -0.25) is 9.59 Å². The van der Waals surface area contributed by atoms with Gasteiger partial charge < -0.3 is 10.1 Å². The van der Waals surface area contributed by atoms with E-state index in [1.807, 2.05) is 79.7 Å². The van der Waals surface area contributed by atoms with Gasteiger partial charge in [0, 0.05) is 22.6 Å². The van der Waals surface area contributed by atoms with Crippen LogP contribution in [0.3, 0.4) is 0 Å². The van der Waals surface area contributed by atoms with E-state index in [1.54, 1.807) is 6.07 Å². The number of pyridine rings is 1. The summed E-state index contributed by atoms with van der Waals surface area (Å²) in [5, 5.41) is 8.08. The van der Waals surface area contributed by atoms with Gasteiger partial charge in [-0.15, -0.1) is 0 Å². The smallest absolute Gasteiger partial charge is 0.272 e. The third kappa shape index (κ3) is 6.37.